The average Bonchev–Trinajstić information content (AvgIpc) is 3.04. The zero-order valence-corrected chi connectivity index (χ0v) is 13.3. The number of carbonyl (C=O) groups is 2. The molecule has 1 amide bonds. The Morgan fingerprint density at radius 1 is 1.21 bits per heavy atom. The van der Waals surface area contributed by atoms with E-state index < -0.39 is 12.1 Å². The first kappa shape index (κ1) is 15.7. The molecule has 0 aliphatic carbocycles. The summed E-state index contributed by atoms with van der Waals surface area (Å²) in [7, 11) is 0. The van der Waals surface area contributed by atoms with Gasteiger partial charge in [-0.2, -0.15) is 0 Å². The van der Waals surface area contributed by atoms with E-state index in [9.17, 15) is 9.59 Å². The number of benzene rings is 2. The smallest absolute Gasteiger partial charge is 0.338 e. The lowest BCUT2D eigenvalue weighted by molar-refractivity contribution is -0.123. The first-order chi connectivity index (χ1) is 11.5. The highest BCUT2D eigenvalue weighted by atomic mass is 16.5. The van der Waals surface area contributed by atoms with Crippen LogP contribution in [0.4, 0.5) is 5.69 Å². The van der Waals surface area contributed by atoms with Gasteiger partial charge in [-0.15, -0.1) is 0 Å². The molecule has 24 heavy (non-hydrogen) atoms. The molecule has 0 aliphatic rings. The number of ether oxygens (including phenoxy) is 1. The van der Waals surface area contributed by atoms with E-state index in [1.807, 2.05) is 25.1 Å². The standard InChI is InChI=1S/C18H16N2O4/c1-11-5-3-4-6-14(11)20-17(21)12(2)24-18(22)13-7-8-16-15(9-13)19-10-23-16/h3-10,12H,1-2H3,(H,20,21). The molecule has 0 spiro atoms. The lowest BCUT2D eigenvalue weighted by Gasteiger charge is -2.14. The SMILES string of the molecule is Cc1ccccc1NC(=O)C(C)OC(=O)c1ccc2ocnc2c1. The molecule has 1 unspecified atom stereocenters. The number of rotatable bonds is 4. The van der Waals surface area contributed by atoms with E-state index in [1.54, 1.807) is 24.3 Å². The van der Waals surface area contributed by atoms with Gasteiger partial charge in [0, 0.05) is 5.69 Å². The van der Waals surface area contributed by atoms with Crippen molar-refractivity contribution < 1.29 is 18.7 Å². The summed E-state index contributed by atoms with van der Waals surface area (Å²) in [5, 5.41) is 2.75. The van der Waals surface area contributed by atoms with Crippen molar-refractivity contribution in [3.8, 4) is 0 Å². The van der Waals surface area contributed by atoms with Gasteiger partial charge < -0.3 is 14.5 Å². The Hall–Kier alpha value is -3.15. The van der Waals surface area contributed by atoms with Gasteiger partial charge in [0.1, 0.15) is 5.52 Å². The Kier molecular flexibility index (Phi) is 4.29. The van der Waals surface area contributed by atoms with Crippen molar-refractivity contribution in [2.75, 3.05) is 5.32 Å². The number of para-hydroxylation sites is 1. The van der Waals surface area contributed by atoms with Crippen LogP contribution < -0.4 is 5.32 Å². The highest BCUT2D eigenvalue weighted by Gasteiger charge is 2.20. The number of hydrogen-bond donors (Lipinski definition) is 1. The highest BCUT2D eigenvalue weighted by molar-refractivity contribution is 5.98. The van der Waals surface area contributed by atoms with Gasteiger partial charge >= 0.3 is 5.97 Å². The van der Waals surface area contributed by atoms with Crippen molar-refractivity contribution in [1.82, 2.24) is 4.98 Å². The monoisotopic (exact) mass is 324 g/mol. The van der Waals surface area contributed by atoms with Gasteiger partial charge in [-0.05, 0) is 43.7 Å². The van der Waals surface area contributed by atoms with Gasteiger partial charge in [0.05, 0.1) is 5.56 Å². The Labute approximate surface area is 138 Å². The molecule has 2 aromatic carbocycles. The van der Waals surface area contributed by atoms with Crippen LogP contribution in [0.5, 0.6) is 0 Å². The van der Waals surface area contributed by atoms with Gasteiger partial charge in [0.25, 0.3) is 5.91 Å². The van der Waals surface area contributed by atoms with Crippen molar-refractivity contribution in [2.45, 2.75) is 20.0 Å². The highest BCUT2D eigenvalue weighted by Crippen LogP contribution is 2.16. The molecule has 1 heterocycles. The number of aromatic nitrogens is 1. The molecule has 0 fully saturated rings. The fourth-order valence-corrected chi connectivity index (χ4v) is 2.21. The maximum absolute atomic E-state index is 12.2. The molecule has 0 aliphatic heterocycles. The van der Waals surface area contributed by atoms with Crippen LogP contribution in [0.25, 0.3) is 11.1 Å². The minimum atomic E-state index is -0.926. The zero-order chi connectivity index (χ0) is 17.1. The maximum atomic E-state index is 12.2. The van der Waals surface area contributed by atoms with Crippen LogP contribution in [0.3, 0.4) is 0 Å². The van der Waals surface area contributed by atoms with Crippen molar-refractivity contribution in [2.24, 2.45) is 0 Å². The van der Waals surface area contributed by atoms with Crippen LogP contribution in [0.15, 0.2) is 53.3 Å². The Balaban J connectivity index is 1.67. The van der Waals surface area contributed by atoms with E-state index >= 15 is 0 Å². The van der Waals surface area contributed by atoms with Gasteiger partial charge in [-0.3, -0.25) is 4.79 Å². The molecule has 6 heteroatoms. The Morgan fingerprint density at radius 3 is 2.79 bits per heavy atom. The summed E-state index contributed by atoms with van der Waals surface area (Å²) in [6.07, 6.45) is 0.378. The minimum absolute atomic E-state index is 0.312. The topological polar surface area (TPSA) is 81.4 Å². The van der Waals surface area contributed by atoms with Crippen LogP contribution in [-0.2, 0) is 9.53 Å². The molecular weight excluding hydrogens is 308 g/mol. The number of esters is 1. The number of fused-ring (bicyclic) bond motifs is 1. The first-order valence-electron chi connectivity index (χ1n) is 7.45. The number of nitrogens with zero attached hydrogens (tertiary/aromatic N) is 1. The molecule has 122 valence electrons. The maximum Gasteiger partial charge on any atom is 0.338 e. The van der Waals surface area contributed by atoms with E-state index in [0.29, 0.717) is 22.4 Å². The number of oxazole rings is 1. The third kappa shape index (κ3) is 3.27. The number of carbonyl (C=O) groups excluding carboxylic acids is 2. The van der Waals surface area contributed by atoms with E-state index in [-0.39, 0.29) is 5.91 Å². The van der Waals surface area contributed by atoms with Gasteiger partial charge in [0.15, 0.2) is 18.1 Å². The van der Waals surface area contributed by atoms with Crippen LogP contribution >= 0.6 is 0 Å². The van der Waals surface area contributed by atoms with Crippen LogP contribution in [-0.4, -0.2) is 23.0 Å². The average molecular weight is 324 g/mol. The molecule has 0 saturated heterocycles. The second kappa shape index (κ2) is 6.54. The van der Waals surface area contributed by atoms with Gasteiger partial charge in [-0.1, -0.05) is 18.2 Å². The summed E-state index contributed by atoms with van der Waals surface area (Å²) < 4.78 is 10.3. The first-order valence-corrected chi connectivity index (χ1v) is 7.45. The predicted octanol–water partition coefficient (Wildman–Crippen LogP) is 3.32. The zero-order valence-electron chi connectivity index (χ0n) is 13.3. The normalized spacial score (nSPS) is 11.9. The fraction of sp³-hybridized carbons (Fsp3) is 0.167. The number of aryl methyl sites for hydroxylation is 1. The summed E-state index contributed by atoms with van der Waals surface area (Å²) in [5.41, 5.74) is 3.07. The third-order valence-corrected chi connectivity index (χ3v) is 3.62. The summed E-state index contributed by atoms with van der Waals surface area (Å²) in [6.45, 7) is 3.42. The van der Waals surface area contributed by atoms with Crippen molar-refractivity contribution >= 4 is 28.7 Å². The molecule has 0 bridgehead atoms. The largest absolute Gasteiger partial charge is 0.449 e. The van der Waals surface area contributed by atoms with Crippen molar-refractivity contribution in [3.05, 3.63) is 60.0 Å². The lowest BCUT2D eigenvalue weighted by Crippen LogP contribution is -2.30. The second-order valence-corrected chi connectivity index (χ2v) is 5.39. The van der Waals surface area contributed by atoms with Crippen LogP contribution in [0.2, 0.25) is 0 Å². The third-order valence-electron chi connectivity index (χ3n) is 3.62. The summed E-state index contributed by atoms with van der Waals surface area (Å²) >= 11 is 0. The second-order valence-electron chi connectivity index (χ2n) is 5.39. The molecule has 3 rings (SSSR count). The van der Waals surface area contributed by atoms with E-state index in [2.05, 4.69) is 10.3 Å². The van der Waals surface area contributed by atoms with Crippen molar-refractivity contribution in [1.29, 1.82) is 0 Å². The van der Waals surface area contributed by atoms with Crippen LogP contribution in [0, 0.1) is 6.92 Å². The van der Waals surface area contributed by atoms with Crippen LogP contribution in [0.1, 0.15) is 22.8 Å². The minimum Gasteiger partial charge on any atom is -0.449 e. The molecule has 3 aromatic rings. The molecule has 0 saturated carbocycles. The molecule has 1 atom stereocenters. The van der Waals surface area contributed by atoms with E-state index in [4.69, 9.17) is 9.15 Å². The van der Waals surface area contributed by atoms with Crippen molar-refractivity contribution in [3.63, 3.8) is 0 Å². The molecular formula is C18H16N2O4. The van der Waals surface area contributed by atoms with Gasteiger partial charge in [0.2, 0.25) is 0 Å². The number of hydrogen-bond acceptors (Lipinski definition) is 5. The number of anilines is 1. The van der Waals surface area contributed by atoms with Gasteiger partial charge in [-0.25, -0.2) is 9.78 Å². The number of amides is 1. The molecule has 0 radical (unpaired) electrons. The Bertz CT molecular complexity index is 901. The van der Waals surface area contributed by atoms with E-state index in [1.165, 1.54) is 13.3 Å². The lowest BCUT2D eigenvalue weighted by atomic mass is 10.2. The summed E-state index contributed by atoms with van der Waals surface area (Å²) in [4.78, 5) is 28.4. The quantitative estimate of drug-likeness (QED) is 0.745. The predicted molar refractivity (Wildman–Crippen MR) is 88.7 cm³/mol. The molecule has 6 nitrogen and oxygen atoms in total. The Morgan fingerprint density at radius 2 is 2.00 bits per heavy atom. The fourth-order valence-electron chi connectivity index (χ4n) is 2.21. The molecule has 1 aromatic heterocycles. The molecule has 1 N–H and O–H groups in total. The number of nitrogens with one attached hydrogen (secondary N) is 1. The summed E-state index contributed by atoms with van der Waals surface area (Å²) in [6, 6.07) is 12.2. The summed E-state index contributed by atoms with van der Waals surface area (Å²) in [5.74, 6) is -0.979. The van der Waals surface area contributed by atoms with E-state index in [0.717, 1.165) is 5.56 Å².